The quantitative estimate of drug-likeness (QED) is 0.226. The first-order valence-corrected chi connectivity index (χ1v) is 14.2. The number of ether oxygens (including phenoxy) is 1. The highest BCUT2D eigenvalue weighted by Crippen LogP contribution is 2.22. The van der Waals surface area contributed by atoms with Gasteiger partial charge in [0.05, 0.1) is 35.6 Å². The molecule has 3 N–H and O–H groups in total. The highest BCUT2D eigenvalue weighted by molar-refractivity contribution is 7.92. The van der Waals surface area contributed by atoms with Crippen LogP contribution in [0.1, 0.15) is 49.3 Å². The molecule has 2 aromatic carbocycles. The van der Waals surface area contributed by atoms with Crippen molar-refractivity contribution in [2.24, 2.45) is 0 Å². The van der Waals surface area contributed by atoms with Gasteiger partial charge in [0.15, 0.2) is 5.69 Å². The van der Waals surface area contributed by atoms with Gasteiger partial charge in [0.25, 0.3) is 10.0 Å². The molecule has 0 saturated carbocycles. The Balaban J connectivity index is 1.36. The van der Waals surface area contributed by atoms with Gasteiger partial charge < -0.3 is 19.7 Å². The van der Waals surface area contributed by atoms with Gasteiger partial charge in [-0.05, 0) is 63.1 Å². The van der Waals surface area contributed by atoms with E-state index in [2.05, 4.69) is 20.0 Å². The lowest BCUT2D eigenvalue weighted by Gasteiger charge is -2.28. The van der Waals surface area contributed by atoms with E-state index in [4.69, 9.17) is 4.74 Å². The first kappa shape index (κ1) is 28.2. The van der Waals surface area contributed by atoms with Gasteiger partial charge in [0.2, 0.25) is 0 Å². The predicted molar refractivity (Wildman–Crippen MR) is 149 cm³/mol. The Morgan fingerprint density at radius 1 is 1.10 bits per heavy atom. The van der Waals surface area contributed by atoms with Crippen molar-refractivity contribution in [2.75, 3.05) is 17.9 Å². The van der Waals surface area contributed by atoms with Crippen molar-refractivity contribution in [3.8, 4) is 0 Å². The van der Waals surface area contributed by atoms with E-state index < -0.39 is 22.1 Å². The second-order valence-electron chi connectivity index (χ2n) is 9.79. The van der Waals surface area contributed by atoms with Gasteiger partial charge in [-0.1, -0.05) is 30.3 Å². The van der Waals surface area contributed by atoms with E-state index in [1.54, 1.807) is 68.0 Å². The number of aliphatic hydroxyl groups excluding tert-OH is 1. The van der Waals surface area contributed by atoms with Crippen molar-refractivity contribution < 1.29 is 23.1 Å². The number of imidazole rings is 1. The second-order valence-corrected chi connectivity index (χ2v) is 11.5. The molecule has 1 unspecified atom stereocenters. The van der Waals surface area contributed by atoms with Gasteiger partial charge in [-0.2, -0.15) is 0 Å². The fourth-order valence-electron chi connectivity index (χ4n) is 4.06. The lowest BCUT2D eigenvalue weighted by atomic mass is 9.99. The van der Waals surface area contributed by atoms with E-state index in [9.17, 15) is 18.3 Å². The Hall–Kier alpha value is -3.80. The minimum absolute atomic E-state index is 0.165. The number of pyridine rings is 1. The summed E-state index contributed by atoms with van der Waals surface area (Å²) in [4.78, 5) is 20.8. The molecule has 2 aromatic heterocycles. The topological polar surface area (TPSA) is 135 Å². The number of aryl methyl sites for hydroxylation is 1. The van der Waals surface area contributed by atoms with Crippen molar-refractivity contribution >= 4 is 32.7 Å². The SMILES string of the molecule is CCOC(=O)c1cc2c(cn1)ncn2CCC(C)(C)NCC(O)c1cccc(NS(=O)(=O)c2ccccc2)c1. The highest BCUT2D eigenvalue weighted by atomic mass is 32.2. The molecule has 0 radical (unpaired) electrons. The lowest BCUT2D eigenvalue weighted by molar-refractivity contribution is 0.0519. The largest absolute Gasteiger partial charge is 0.461 e. The summed E-state index contributed by atoms with van der Waals surface area (Å²) in [6.07, 6.45) is 3.14. The molecule has 2 heterocycles. The summed E-state index contributed by atoms with van der Waals surface area (Å²) >= 11 is 0. The van der Waals surface area contributed by atoms with Gasteiger partial charge in [-0.15, -0.1) is 0 Å². The van der Waals surface area contributed by atoms with Crippen LogP contribution in [0.5, 0.6) is 0 Å². The standard InChI is InChI=1S/C28H33N5O5S/c1-4-38-27(35)23-16-25-24(17-29-23)30-19-33(25)14-13-28(2,3)31-18-26(34)20-9-8-10-21(15-20)32-39(36,37)22-11-6-5-7-12-22/h5-12,15-17,19,26,31-32,34H,4,13-14,18H2,1-3H3. The van der Waals surface area contributed by atoms with Gasteiger partial charge in [0.1, 0.15) is 5.52 Å². The molecule has 4 aromatic rings. The molecular weight excluding hydrogens is 518 g/mol. The highest BCUT2D eigenvalue weighted by Gasteiger charge is 2.21. The Morgan fingerprint density at radius 2 is 1.87 bits per heavy atom. The Bertz CT molecular complexity index is 1540. The molecule has 0 spiro atoms. The molecule has 0 saturated heterocycles. The van der Waals surface area contributed by atoms with Crippen molar-refractivity contribution in [3.63, 3.8) is 0 Å². The third-order valence-corrected chi connectivity index (χ3v) is 7.72. The smallest absolute Gasteiger partial charge is 0.356 e. The molecule has 0 aliphatic carbocycles. The number of esters is 1. The zero-order valence-corrected chi connectivity index (χ0v) is 23.0. The van der Waals surface area contributed by atoms with Crippen LogP contribution in [-0.4, -0.2) is 52.7 Å². The number of carbonyl (C=O) groups excluding carboxylic acids is 1. The van der Waals surface area contributed by atoms with Crippen molar-refractivity contribution in [1.29, 1.82) is 0 Å². The van der Waals surface area contributed by atoms with Crippen LogP contribution < -0.4 is 10.0 Å². The third-order valence-electron chi connectivity index (χ3n) is 6.32. The molecule has 10 nitrogen and oxygen atoms in total. The summed E-state index contributed by atoms with van der Waals surface area (Å²) in [6, 6.07) is 16.5. The van der Waals surface area contributed by atoms with Gasteiger partial charge in [0, 0.05) is 24.3 Å². The number of anilines is 1. The number of sulfonamides is 1. The fourth-order valence-corrected chi connectivity index (χ4v) is 5.13. The molecule has 206 valence electrons. The molecule has 0 aliphatic heterocycles. The first-order valence-electron chi connectivity index (χ1n) is 12.7. The van der Waals surface area contributed by atoms with Crippen LogP contribution >= 0.6 is 0 Å². The average molecular weight is 552 g/mol. The van der Waals surface area contributed by atoms with E-state index in [1.807, 2.05) is 18.4 Å². The molecule has 1 atom stereocenters. The summed E-state index contributed by atoms with van der Waals surface area (Å²) in [7, 11) is -3.73. The number of nitrogens with zero attached hydrogens (tertiary/aromatic N) is 3. The van der Waals surface area contributed by atoms with Crippen LogP contribution in [0.3, 0.4) is 0 Å². The fraction of sp³-hybridized carbons (Fsp3) is 0.321. The number of hydrogen-bond donors (Lipinski definition) is 3. The number of β-amino-alcohol motifs (C(OH)–C–C–N with tert-alkyl or cyclic N) is 1. The Labute approximate surface area is 228 Å². The minimum atomic E-state index is -3.73. The monoisotopic (exact) mass is 551 g/mol. The zero-order valence-electron chi connectivity index (χ0n) is 22.2. The van der Waals surface area contributed by atoms with Crippen LogP contribution in [-0.2, 0) is 21.3 Å². The van der Waals surface area contributed by atoms with Crippen LogP contribution in [0.4, 0.5) is 5.69 Å². The van der Waals surface area contributed by atoms with Crippen LogP contribution in [0, 0.1) is 0 Å². The molecule has 0 bridgehead atoms. The number of aromatic nitrogens is 3. The maximum absolute atomic E-state index is 12.7. The molecule has 0 amide bonds. The Kier molecular flexibility index (Phi) is 8.63. The van der Waals surface area contributed by atoms with Gasteiger partial charge in [-0.3, -0.25) is 4.72 Å². The normalized spacial score (nSPS) is 12.8. The number of aliphatic hydroxyl groups is 1. The average Bonchev–Trinajstić information content (AvgIpc) is 3.33. The van der Waals surface area contributed by atoms with Crippen LogP contribution in [0.15, 0.2) is 78.1 Å². The predicted octanol–water partition coefficient (Wildman–Crippen LogP) is 3.90. The molecule has 0 aliphatic rings. The molecule has 0 fully saturated rings. The number of benzene rings is 2. The molecular formula is C28H33N5O5S. The van der Waals surface area contributed by atoms with Crippen molar-refractivity contribution in [3.05, 3.63) is 84.4 Å². The van der Waals surface area contributed by atoms with Crippen molar-refractivity contribution in [2.45, 2.75) is 50.3 Å². The number of carbonyl (C=O) groups is 1. The van der Waals surface area contributed by atoms with Gasteiger partial charge >= 0.3 is 5.97 Å². The zero-order chi connectivity index (χ0) is 28.0. The van der Waals surface area contributed by atoms with E-state index in [0.717, 1.165) is 5.52 Å². The summed E-state index contributed by atoms with van der Waals surface area (Å²) in [5, 5.41) is 14.2. The van der Waals surface area contributed by atoms with E-state index in [0.29, 0.717) is 29.7 Å². The van der Waals surface area contributed by atoms with Crippen molar-refractivity contribution in [1.82, 2.24) is 19.9 Å². The van der Waals surface area contributed by atoms with Crippen LogP contribution in [0.25, 0.3) is 11.0 Å². The summed E-state index contributed by atoms with van der Waals surface area (Å²) < 4.78 is 34.9. The summed E-state index contributed by atoms with van der Waals surface area (Å²) in [5.41, 5.74) is 2.33. The van der Waals surface area contributed by atoms with E-state index in [1.165, 1.54) is 12.1 Å². The Morgan fingerprint density at radius 3 is 2.62 bits per heavy atom. The second kappa shape index (κ2) is 11.9. The minimum Gasteiger partial charge on any atom is -0.461 e. The number of rotatable bonds is 12. The third kappa shape index (κ3) is 7.20. The number of fused-ring (bicyclic) bond motifs is 1. The summed E-state index contributed by atoms with van der Waals surface area (Å²) in [5.74, 6) is -0.472. The summed E-state index contributed by atoms with van der Waals surface area (Å²) in [6.45, 7) is 6.98. The number of nitrogens with one attached hydrogen (secondary N) is 2. The maximum atomic E-state index is 12.7. The molecule has 11 heteroatoms. The maximum Gasteiger partial charge on any atom is 0.356 e. The van der Waals surface area contributed by atoms with E-state index in [-0.39, 0.29) is 29.3 Å². The number of hydrogen-bond acceptors (Lipinski definition) is 8. The molecule has 4 rings (SSSR count). The lowest BCUT2D eigenvalue weighted by Crippen LogP contribution is -2.42. The van der Waals surface area contributed by atoms with Gasteiger partial charge in [-0.25, -0.2) is 23.2 Å². The molecule has 39 heavy (non-hydrogen) atoms. The van der Waals surface area contributed by atoms with Crippen LogP contribution in [0.2, 0.25) is 0 Å². The van der Waals surface area contributed by atoms with E-state index >= 15 is 0 Å². The first-order chi connectivity index (χ1) is 18.6.